The van der Waals surface area contributed by atoms with Gasteiger partial charge >= 0.3 is 5.97 Å². The van der Waals surface area contributed by atoms with Crippen LogP contribution in [-0.2, 0) is 4.79 Å². The molecule has 1 rings (SSSR count). The molecule has 1 N–H and O–H groups in total. The molecule has 0 unspecified atom stereocenters. The number of carbonyl (C=O) groups is 1. The van der Waals surface area contributed by atoms with Crippen LogP contribution in [0.2, 0.25) is 0 Å². The Balaban J connectivity index is 2.79. The van der Waals surface area contributed by atoms with Crippen LogP contribution in [-0.4, -0.2) is 18.0 Å². The van der Waals surface area contributed by atoms with Gasteiger partial charge in [-0.2, -0.15) is 0 Å². The molecule has 14 heavy (non-hydrogen) atoms. The maximum Gasteiger partial charge on any atom is 0.307 e. The number of halogens is 4. The van der Waals surface area contributed by atoms with Crippen molar-refractivity contribution in [1.82, 2.24) is 0 Å². The average Bonchev–Trinajstić information content (AvgIpc) is 2.49. The highest BCUT2D eigenvalue weighted by molar-refractivity contribution is 9.40. The van der Waals surface area contributed by atoms with Gasteiger partial charge in [0.2, 0.25) is 0 Å². The van der Waals surface area contributed by atoms with Gasteiger partial charge in [-0.25, -0.2) is 0 Å². The highest BCUT2D eigenvalue weighted by atomic mass is 80.0. The summed E-state index contributed by atoms with van der Waals surface area (Å²) in [7, 11) is 0. The lowest BCUT2D eigenvalue weighted by molar-refractivity contribution is -0.139. The number of aliphatic carboxylic acids is 1. The molecular formula is C8H10Br4O2. The first-order chi connectivity index (χ1) is 6.10. The zero-order valence-corrected chi connectivity index (χ0v) is 13.9. The Morgan fingerprint density at radius 2 is 1.86 bits per heavy atom. The standard InChI is InChI=1S/C8H10Br4O2/c1-7(2)3(4(7)6(13)14)5(9)8(10,11)12/h3-5H,1-2H3,(H,13,14)/t3-,4+,5-/m1/s1. The minimum Gasteiger partial charge on any atom is -0.481 e. The Morgan fingerprint density at radius 3 is 2.07 bits per heavy atom. The Labute approximate surface area is 117 Å². The van der Waals surface area contributed by atoms with E-state index in [1.807, 2.05) is 13.8 Å². The summed E-state index contributed by atoms with van der Waals surface area (Å²) in [6.45, 7) is 3.95. The molecular weight excluding hydrogens is 448 g/mol. The maximum absolute atomic E-state index is 11.0. The minimum absolute atomic E-state index is 0.0195. The van der Waals surface area contributed by atoms with Gasteiger partial charge in [0, 0.05) is 0 Å². The summed E-state index contributed by atoms with van der Waals surface area (Å²) in [6, 6.07) is 0. The van der Waals surface area contributed by atoms with E-state index in [0.29, 0.717) is 0 Å². The lowest BCUT2D eigenvalue weighted by Crippen LogP contribution is -2.22. The number of carboxylic acids is 1. The Bertz CT molecular complexity index is 259. The summed E-state index contributed by atoms with van der Waals surface area (Å²) in [5.74, 6) is -0.891. The van der Waals surface area contributed by atoms with Crippen LogP contribution in [0.5, 0.6) is 0 Å². The van der Waals surface area contributed by atoms with Crippen LogP contribution in [0.3, 0.4) is 0 Å². The molecule has 0 saturated heterocycles. The van der Waals surface area contributed by atoms with E-state index in [1.165, 1.54) is 0 Å². The van der Waals surface area contributed by atoms with Crippen molar-refractivity contribution in [1.29, 1.82) is 0 Å². The molecule has 0 aliphatic heterocycles. The summed E-state index contributed by atoms with van der Waals surface area (Å²) < 4.78 is -0.445. The molecule has 3 atom stereocenters. The van der Waals surface area contributed by atoms with Crippen LogP contribution >= 0.6 is 63.7 Å². The van der Waals surface area contributed by atoms with Gasteiger partial charge in [-0.05, 0) is 11.3 Å². The molecule has 82 valence electrons. The van der Waals surface area contributed by atoms with Gasteiger partial charge in [0.15, 0.2) is 0 Å². The average molecular weight is 458 g/mol. The Morgan fingerprint density at radius 1 is 1.43 bits per heavy atom. The number of hydrogen-bond donors (Lipinski definition) is 1. The van der Waals surface area contributed by atoms with E-state index in [4.69, 9.17) is 5.11 Å². The SMILES string of the molecule is CC1(C)[C@@H]([C@@H](Br)C(Br)(Br)Br)[C@H]1C(=O)O. The zero-order chi connectivity index (χ0) is 11.3. The van der Waals surface area contributed by atoms with Crippen molar-refractivity contribution < 1.29 is 9.90 Å². The first-order valence-corrected chi connectivity index (χ1v) is 7.33. The summed E-state index contributed by atoms with van der Waals surface area (Å²) in [6.07, 6.45) is 0. The van der Waals surface area contributed by atoms with Crippen molar-refractivity contribution in [2.45, 2.75) is 20.8 Å². The van der Waals surface area contributed by atoms with Gasteiger partial charge in [-0.15, -0.1) is 0 Å². The minimum atomic E-state index is -0.721. The van der Waals surface area contributed by atoms with Crippen LogP contribution in [0, 0.1) is 17.3 Å². The van der Waals surface area contributed by atoms with E-state index in [2.05, 4.69) is 63.7 Å². The van der Waals surface area contributed by atoms with E-state index >= 15 is 0 Å². The van der Waals surface area contributed by atoms with E-state index in [0.717, 1.165) is 0 Å². The maximum atomic E-state index is 11.0. The Kier molecular flexibility index (Phi) is 3.85. The van der Waals surface area contributed by atoms with Gasteiger partial charge in [-0.3, -0.25) is 4.79 Å². The van der Waals surface area contributed by atoms with E-state index < -0.39 is 8.11 Å². The van der Waals surface area contributed by atoms with Crippen LogP contribution in [0.25, 0.3) is 0 Å². The fraction of sp³-hybridized carbons (Fsp3) is 0.875. The molecule has 1 aliphatic carbocycles. The quantitative estimate of drug-likeness (QED) is 0.638. The molecule has 1 fully saturated rings. The summed E-state index contributed by atoms with van der Waals surface area (Å²) in [4.78, 5) is 11.0. The van der Waals surface area contributed by atoms with Crippen molar-refractivity contribution >= 4 is 69.7 Å². The van der Waals surface area contributed by atoms with Gasteiger partial charge in [0.1, 0.15) is 2.14 Å². The molecule has 0 amide bonds. The fourth-order valence-corrected chi connectivity index (χ4v) is 3.74. The molecule has 0 heterocycles. The summed E-state index contributed by atoms with van der Waals surface area (Å²) >= 11 is 13.7. The molecule has 0 aromatic heterocycles. The van der Waals surface area contributed by atoms with E-state index in [1.54, 1.807) is 0 Å². The third kappa shape index (κ3) is 2.38. The molecule has 0 spiro atoms. The highest BCUT2D eigenvalue weighted by Gasteiger charge is 2.66. The number of alkyl halides is 4. The molecule has 1 saturated carbocycles. The number of carboxylic acid groups (broad SMARTS) is 1. The second-order valence-electron chi connectivity index (χ2n) is 4.11. The zero-order valence-electron chi connectivity index (χ0n) is 7.60. The summed E-state index contributed by atoms with van der Waals surface area (Å²) in [5, 5.41) is 9.01. The van der Waals surface area contributed by atoms with E-state index in [9.17, 15) is 4.79 Å². The second-order valence-corrected chi connectivity index (χ2v) is 12.0. The van der Waals surface area contributed by atoms with Gasteiger partial charge in [0.05, 0.1) is 10.7 Å². The third-order valence-electron chi connectivity index (χ3n) is 2.80. The normalized spacial score (nSPS) is 32.4. The van der Waals surface area contributed by atoms with Crippen molar-refractivity contribution in [3.63, 3.8) is 0 Å². The first-order valence-electron chi connectivity index (χ1n) is 4.03. The summed E-state index contributed by atoms with van der Waals surface area (Å²) in [5.41, 5.74) is -0.152. The van der Waals surface area contributed by atoms with Gasteiger partial charge < -0.3 is 5.11 Å². The molecule has 0 radical (unpaired) electrons. The predicted molar refractivity (Wildman–Crippen MR) is 70.6 cm³/mol. The molecule has 1 aliphatic rings. The van der Waals surface area contributed by atoms with Crippen LogP contribution in [0.15, 0.2) is 0 Å². The lowest BCUT2D eigenvalue weighted by Gasteiger charge is -2.20. The van der Waals surface area contributed by atoms with Crippen molar-refractivity contribution in [3.8, 4) is 0 Å². The molecule has 0 bridgehead atoms. The molecule has 2 nitrogen and oxygen atoms in total. The van der Waals surface area contributed by atoms with Crippen LogP contribution < -0.4 is 0 Å². The lowest BCUT2D eigenvalue weighted by atomic mass is 10.1. The largest absolute Gasteiger partial charge is 0.481 e. The van der Waals surface area contributed by atoms with E-state index in [-0.39, 0.29) is 22.1 Å². The number of hydrogen-bond acceptors (Lipinski definition) is 1. The fourth-order valence-electron chi connectivity index (χ4n) is 1.90. The van der Waals surface area contributed by atoms with Crippen LogP contribution in [0.4, 0.5) is 0 Å². The number of rotatable bonds is 2. The topological polar surface area (TPSA) is 37.3 Å². The van der Waals surface area contributed by atoms with Gasteiger partial charge in [-0.1, -0.05) is 77.6 Å². The third-order valence-corrected chi connectivity index (χ3v) is 7.38. The monoisotopic (exact) mass is 454 g/mol. The smallest absolute Gasteiger partial charge is 0.307 e. The molecule has 6 heteroatoms. The predicted octanol–water partition coefficient (Wildman–Crippen LogP) is 3.95. The highest BCUT2D eigenvalue weighted by Crippen LogP contribution is 2.65. The van der Waals surface area contributed by atoms with Gasteiger partial charge in [0.25, 0.3) is 0 Å². The van der Waals surface area contributed by atoms with Crippen molar-refractivity contribution in [2.75, 3.05) is 0 Å². The molecule has 0 aromatic rings. The van der Waals surface area contributed by atoms with Crippen molar-refractivity contribution in [3.05, 3.63) is 0 Å². The molecule has 0 aromatic carbocycles. The second kappa shape index (κ2) is 4.00. The first kappa shape index (κ1) is 13.5. The Hall–Kier alpha value is 1.39. The van der Waals surface area contributed by atoms with Crippen LogP contribution in [0.1, 0.15) is 13.8 Å². The van der Waals surface area contributed by atoms with Crippen molar-refractivity contribution in [2.24, 2.45) is 17.3 Å².